The van der Waals surface area contributed by atoms with Crippen molar-refractivity contribution >= 4 is 43.4 Å². The van der Waals surface area contributed by atoms with E-state index < -0.39 is 15.6 Å². The van der Waals surface area contributed by atoms with Gasteiger partial charge in [0.05, 0.1) is 11.7 Å². The van der Waals surface area contributed by atoms with Crippen LogP contribution in [-0.4, -0.2) is 70.4 Å². The highest BCUT2D eigenvalue weighted by molar-refractivity contribution is 7.89. The highest BCUT2D eigenvalue weighted by Gasteiger charge is 2.34. The summed E-state index contributed by atoms with van der Waals surface area (Å²) in [6.45, 7) is 6.61. The summed E-state index contributed by atoms with van der Waals surface area (Å²) in [5.74, 6) is 0.229. The molecule has 182 valence electrons. The molecule has 0 radical (unpaired) electrons. The maximum absolute atomic E-state index is 13.6. The number of anilines is 1. The lowest BCUT2D eigenvalue weighted by Crippen LogP contribution is -2.49. The van der Waals surface area contributed by atoms with Crippen molar-refractivity contribution in [1.82, 2.24) is 29.1 Å². The highest BCUT2D eigenvalue weighted by Crippen LogP contribution is 2.33. The molecule has 0 unspecified atom stereocenters. The van der Waals surface area contributed by atoms with Gasteiger partial charge < -0.3 is 10.2 Å². The molecule has 0 spiro atoms. The van der Waals surface area contributed by atoms with Crippen LogP contribution in [0.3, 0.4) is 0 Å². The minimum absolute atomic E-state index is 0.0221. The van der Waals surface area contributed by atoms with Gasteiger partial charge in [0.25, 0.3) is 5.56 Å². The van der Waals surface area contributed by atoms with Crippen molar-refractivity contribution in [1.29, 1.82) is 0 Å². The van der Waals surface area contributed by atoms with Crippen molar-refractivity contribution in [2.45, 2.75) is 44.7 Å². The average Bonchev–Trinajstić information content (AvgIpc) is 3.19. The summed E-state index contributed by atoms with van der Waals surface area (Å²) in [6.07, 6.45) is 5.35. The van der Waals surface area contributed by atoms with E-state index in [0.29, 0.717) is 28.7 Å². The number of hydrogen-bond acceptors (Lipinski definition) is 9. The summed E-state index contributed by atoms with van der Waals surface area (Å²) in [4.78, 5) is 41.1. The van der Waals surface area contributed by atoms with Crippen LogP contribution < -0.4 is 15.8 Å². The lowest BCUT2D eigenvalue weighted by Gasteiger charge is -2.33. The first-order valence-electron chi connectivity index (χ1n) is 11.0. The van der Waals surface area contributed by atoms with Gasteiger partial charge in [-0.05, 0) is 26.3 Å². The Bertz CT molecular complexity index is 1350. The molecule has 0 aromatic carbocycles. The Morgan fingerprint density at radius 2 is 1.85 bits per heavy atom. The number of fused-ring (bicyclic) bond motifs is 1. The van der Waals surface area contributed by atoms with E-state index in [1.54, 1.807) is 25.4 Å². The number of rotatable bonds is 7. The first-order valence-corrected chi connectivity index (χ1v) is 13.3. The molecule has 0 bridgehead atoms. The van der Waals surface area contributed by atoms with Gasteiger partial charge in [-0.3, -0.25) is 14.2 Å². The van der Waals surface area contributed by atoms with E-state index in [-0.39, 0.29) is 41.9 Å². The van der Waals surface area contributed by atoms with Crippen molar-refractivity contribution in [3.05, 3.63) is 40.0 Å². The Morgan fingerprint density at radius 3 is 2.50 bits per heavy atom. The van der Waals surface area contributed by atoms with Crippen LogP contribution in [-0.2, 0) is 21.4 Å². The standard InChI is InChI=1S/C21H27N7O4S2/c1-4-14(2)25-16(29)12-27-13-24-19-17(20(27)30)18(15(3)33-19)34(31,32)28-10-8-26(9-11-28)21-22-6-5-7-23-21/h5-7,13-14H,4,8-12H2,1-3H3,(H,25,29)/t14-/m1/s1. The van der Waals surface area contributed by atoms with Crippen LogP contribution in [0.15, 0.2) is 34.5 Å². The molecule has 3 aromatic heterocycles. The van der Waals surface area contributed by atoms with Gasteiger partial charge in [-0.25, -0.2) is 23.4 Å². The summed E-state index contributed by atoms with van der Waals surface area (Å²) in [5, 5.41) is 2.84. The SMILES string of the molecule is CC[C@@H](C)NC(=O)Cn1cnc2sc(C)c(S(=O)(=O)N3CCN(c4ncccn4)CC3)c2c1=O. The lowest BCUT2D eigenvalue weighted by atomic mass is 10.2. The van der Waals surface area contributed by atoms with Crippen molar-refractivity contribution in [3.8, 4) is 0 Å². The van der Waals surface area contributed by atoms with Crippen LogP contribution >= 0.6 is 11.3 Å². The van der Waals surface area contributed by atoms with Crippen LogP contribution in [0.5, 0.6) is 0 Å². The fraction of sp³-hybridized carbons (Fsp3) is 0.476. The minimum Gasteiger partial charge on any atom is -0.352 e. The third kappa shape index (κ3) is 4.68. The smallest absolute Gasteiger partial charge is 0.263 e. The fourth-order valence-corrected chi connectivity index (χ4v) is 6.91. The maximum atomic E-state index is 13.6. The first kappa shape index (κ1) is 24.2. The fourth-order valence-electron chi connectivity index (χ4n) is 3.83. The zero-order valence-corrected chi connectivity index (χ0v) is 20.9. The quantitative estimate of drug-likeness (QED) is 0.503. The minimum atomic E-state index is -3.95. The molecule has 4 rings (SSSR count). The average molecular weight is 506 g/mol. The molecule has 1 amide bonds. The van der Waals surface area contributed by atoms with Crippen LogP contribution in [0.1, 0.15) is 25.1 Å². The van der Waals surface area contributed by atoms with Crippen LogP contribution in [0.4, 0.5) is 5.95 Å². The molecule has 11 nitrogen and oxygen atoms in total. The van der Waals surface area contributed by atoms with Crippen molar-refractivity contribution in [2.75, 3.05) is 31.1 Å². The van der Waals surface area contributed by atoms with Gasteiger partial charge in [-0.1, -0.05) is 6.92 Å². The summed E-state index contributed by atoms with van der Waals surface area (Å²) in [5.41, 5.74) is -0.538. The molecule has 3 aromatic rings. The van der Waals surface area contributed by atoms with Crippen molar-refractivity contribution in [2.24, 2.45) is 0 Å². The van der Waals surface area contributed by atoms with Gasteiger partial charge in [-0.2, -0.15) is 4.31 Å². The van der Waals surface area contributed by atoms with E-state index in [4.69, 9.17) is 0 Å². The van der Waals surface area contributed by atoms with Gasteiger partial charge in [0, 0.05) is 49.5 Å². The molecule has 1 atom stereocenters. The predicted molar refractivity (Wildman–Crippen MR) is 130 cm³/mol. The molecular formula is C21H27N7O4S2. The largest absolute Gasteiger partial charge is 0.352 e. The van der Waals surface area contributed by atoms with Crippen molar-refractivity contribution < 1.29 is 13.2 Å². The number of carbonyl (C=O) groups is 1. The Balaban J connectivity index is 1.62. The summed E-state index contributed by atoms with van der Waals surface area (Å²) < 4.78 is 29.8. The number of amides is 1. The topological polar surface area (TPSA) is 130 Å². The number of hydrogen-bond donors (Lipinski definition) is 1. The molecule has 1 aliphatic rings. The second-order valence-corrected chi connectivity index (χ2v) is 11.2. The predicted octanol–water partition coefficient (Wildman–Crippen LogP) is 0.982. The molecule has 1 aliphatic heterocycles. The third-order valence-corrected chi connectivity index (χ3v) is 9.02. The number of sulfonamides is 1. The number of piperazine rings is 1. The second-order valence-electron chi connectivity index (χ2n) is 8.16. The van der Waals surface area contributed by atoms with Crippen molar-refractivity contribution in [3.63, 3.8) is 0 Å². The molecule has 0 saturated carbocycles. The summed E-state index contributed by atoms with van der Waals surface area (Å²) in [6, 6.07) is 1.70. The van der Waals surface area contributed by atoms with E-state index in [9.17, 15) is 18.0 Å². The summed E-state index contributed by atoms with van der Waals surface area (Å²) in [7, 11) is -3.95. The monoisotopic (exact) mass is 505 g/mol. The molecule has 1 N–H and O–H groups in total. The number of nitrogens with one attached hydrogen (secondary N) is 1. The zero-order chi connectivity index (χ0) is 24.5. The lowest BCUT2D eigenvalue weighted by molar-refractivity contribution is -0.122. The number of thiophene rings is 1. The molecule has 1 fully saturated rings. The molecule has 13 heteroatoms. The van der Waals surface area contributed by atoms with Gasteiger partial charge in [0.2, 0.25) is 21.9 Å². The van der Waals surface area contributed by atoms with Crippen LogP contribution in [0.25, 0.3) is 10.2 Å². The van der Waals surface area contributed by atoms with E-state index in [2.05, 4.69) is 20.3 Å². The van der Waals surface area contributed by atoms with Gasteiger partial charge >= 0.3 is 0 Å². The van der Waals surface area contributed by atoms with Gasteiger partial charge in [0.15, 0.2) is 0 Å². The van der Waals surface area contributed by atoms with E-state index >= 15 is 0 Å². The van der Waals surface area contributed by atoms with E-state index in [0.717, 1.165) is 22.3 Å². The molecule has 34 heavy (non-hydrogen) atoms. The first-order chi connectivity index (χ1) is 16.2. The molecular weight excluding hydrogens is 478 g/mol. The van der Waals surface area contributed by atoms with Gasteiger partial charge in [-0.15, -0.1) is 11.3 Å². The third-order valence-electron chi connectivity index (χ3n) is 5.80. The summed E-state index contributed by atoms with van der Waals surface area (Å²) >= 11 is 1.16. The number of aromatic nitrogens is 4. The highest BCUT2D eigenvalue weighted by atomic mass is 32.2. The molecule has 1 saturated heterocycles. The Labute approximate surface area is 201 Å². The van der Waals surface area contributed by atoms with Crippen LogP contribution in [0.2, 0.25) is 0 Å². The Morgan fingerprint density at radius 1 is 1.18 bits per heavy atom. The number of carbonyl (C=O) groups excluding carboxylic acids is 1. The van der Waals surface area contributed by atoms with Gasteiger partial charge in [0.1, 0.15) is 16.3 Å². The zero-order valence-electron chi connectivity index (χ0n) is 19.3. The van der Waals surface area contributed by atoms with Crippen LogP contribution in [0, 0.1) is 6.92 Å². The normalized spacial score (nSPS) is 16.0. The number of aryl methyl sites for hydroxylation is 1. The Kier molecular flexibility index (Phi) is 6.96. The molecule has 0 aliphatic carbocycles. The molecule has 4 heterocycles. The number of nitrogens with zero attached hydrogens (tertiary/aromatic N) is 6. The van der Waals surface area contributed by atoms with E-state index in [1.165, 1.54) is 10.6 Å². The Hall–Kier alpha value is -2.90. The maximum Gasteiger partial charge on any atom is 0.263 e. The second kappa shape index (κ2) is 9.76. The van der Waals surface area contributed by atoms with E-state index in [1.807, 2.05) is 18.7 Å².